The number of aliphatic carboxylic acids is 1. The summed E-state index contributed by atoms with van der Waals surface area (Å²) in [6.45, 7) is 2.42. The normalized spacial score (nSPS) is 19.6. The number of halogens is 1. The number of carboxylic acid groups (broad SMARTS) is 1. The first-order chi connectivity index (χ1) is 14.2. The maximum Gasteiger partial charge on any atom is 0.308 e. The molecule has 0 radical (unpaired) electrons. The van der Waals surface area contributed by atoms with E-state index in [9.17, 15) is 18.3 Å². The highest BCUT2D eigenvalue weighted by molar-refractivity contribution is 7.91. The van der Waals surface area contributed by atoms with Crippen LogP contribution in [0.15, 0.2) is 35.2 Å². The monoisotopic (exact) mass is 443 g/mol. The molecule has 0 saturated carbocycles. The van der Waals surface area contributed by atoms with Crippen LogP contribution in [-0.4, -0.2) is 29.8 Å². The van der Waals surface area contributed by atoms with Gasteiger partial charge < -0.3 is 9.67 Å². The highest BCUT2D eigenvalue weighted by atomic mass is 35.5. The lowest BCUT2D eigenvalue weighted by Gasteiger charge is -2.23. The number of benzene rings is 2. The summed E-state index contributed by atoms with van der Waals surface area (Å²) in [6.07, 6.45) is 2.56. The predicted molar refractivity (Wildman–Crippen MR) is 116 cm³/mol. The van der Waals surface area contributed by atoms with Gasteiger partial charge in [-0.05, 0) is 72.7 Å². The summed E-state index contributed by atoms with van der Waals surface area (Å²) >= 11 is 6.31. The number of hydrogen-bond donors (Lipinski definition) is 1. The van der Waals surface area contributed by atoms with Crippen molar-refractivity contribution in [2.24, 2.45) is 5.92 Å². The van der Waals surface area contributed by atoms with Crippen LogP contribution in [0.1, 0.15) is 34.4 Å². The van der Waals surface area contributed by atoms with Crippen LogP contribution in [0.4, 0.5) is 0 Å². The van der Waals surface area contributed by atoms with Crippen molar-refractivity contribution in [2.75, 3.05) is 5.75 Å². The first-order valence-corrected chi connectivity index (χ1v) is 12.1. The van der Waals surface area contributed by atoms with E-state index in [0.29, 0.717) is 42.1 Å². The molecule has 30 heavy (non-hydrogen) atoms. The molecule has 5 nitrogen and oxygen atoms in total. The van der Waals surface area contributed by atoms with Crippen LogP contribution < -0.4 is 0 Å². The Balaban J connectivity index is 1.64. The maximum atomic E-state index is 12.3. The second-order valence-corrected chi connectivity index (χ2v) is 10.9. The lowest BCUT2D eigenvalue weighted by Crippen LogP contribution is -2.26. The number of nitrogens with zero attached hydrogens (tertiary/aromatic N) is 1. The Bertz CT molecular complexity index is 1320. The van der Waals surface area contributed by atoms with E-state index < -0.39 is 15.8 Å². The molecule has 3 aromatic rings. The van der Waals surface area contributed by atoms with Gasteiger partial charge in [-0.3, -0.25) is 4.79 Å². The molecule has 3 heterocycles. The Kier molecular flexibility index (Phi) is 4.49. The Labute approximate surface area is 180 Å². The fourth-order valence-corrected chi connectivity index (χ4v) is 6.76. The van der Waals surface area contributed by atoms with Crippen molar-refractivity contribution in [2.45, 2.75) is 44.0 Å². The third-order valence-electron chi connectivity index (χ3n) is 6.59. The standard InChI is InChI=1S/C23H22ClNO4S/c1-13-8-22-14(6-7-30(22,28)29)9-16(13)10-18-19-11-17(24)3-5-21(19)25-12-15(23(26)27)2-4-20(18)25/h3,5,8-9,11,15H,2,4,6-7,10,12H2,1H3,(H,26,27). The lowest BCUT2D eigenvalue weighted by molar-refractivity contribution is -0.142. The summed E-state index contributed by atoms with van der Waals surface area (Å²) in [5.74, 6) is -0.959. The first-order valence-electron chi connectivity index (χ1n) is 10.1. The van der Waals surface area contributed by atoms with Gasteiger partial charge in [0.25, 0.3) is 0 Å². The molecule has 2 aliphatic rings. The van der Waals surface area contributed by atoms with Crippen molar-refractivity contribution in [3.05, 3.63) is 63.3 Å². The fourth-order valence-electron chi connectivity index (χ4n) is 4.96. The van der Waals surface area contributed by atoms with Gasteiger partial charge in [0.15, 0.2) is 9.84 Å². The molecule has 1 atom stereocenters. The summed E-state index contributed by atoms with van der Waals surface area (Å²) in [5.41, 5.74) is 6.32. The number of rotatable bonds is 3. The fraction of sp³-hybridized carbons (Fsp3) is 0.348. The molecule has 5 rings (SSSR count). The van der Waals surface area contributed by atoms with Gasteiger partial charge in [0, 0.05) is 34.6 Å². The van der Waals surface area contributed by atoms with Crippen molar-refractivity contribution in [1.29, 1.82) is 0 Å². The van der Waals surface area contributed by atoms with E-state index in [0.717, 1.165) is 33.3 Å². The second-order valence-electron chi connectivity index (χ2n) is 8.40. The smallest absolute Gasteiger partial charge is 0.308 e. The Hall–Kier alpha value is -2.31. The molecule has 1 aromatic heterocycles. The number of aryl methyl sites for hydroxylation is 2. The van der Waals surface area contributed by atoms with Gasteiger partial charge in [-0.15, -0.1) is 0 Å². The van der Waals surface area contributed by atoms with Crippen LogP contribution in [0, 0.1) is 12.8 Å². The largest absolute Gasteiger partial charge is 0.481 e. The molecular weight excluding hydrogens is 422 g/mol. The van der Waals surface area contributed by atoms with E-state index in [-0.39, 0.29) is 11.7 Å². The van der Waals surface area contributed by atoms with Gasteiger partial charge in [0.1, 0.15) is 0 Å². The number of fused-ring (bicyclic) bond motifs is 4. The Morgan fingerprint density at radius 1 is 1.23 bits per heavy atom. The zero-order valence-corrected chi connectivity index (χ0v) is 18.2. The summed E-state index contributed by atoms with van der Waals surface area (Å²) in [5, 5.41) is 11.2. The van der Waals surface area contributed by atoms with Gasteiger partial charge in [0.05, 0.1) is 16.6 Å². The quantitative estimate of drug-likeness (QED) is 0.659. The highest BCUT2D eigenvalue weighted by Gasteiger charge is 2.30. The number of carbonyl (C=O) groups is 1. The van der Waals surface area contributed by atoms with Crippen molar-refractivity contribution in [3.8, 4) is 0 Å². The molecule has 0 bridgehead atoms. The van der Waals surface area contributed by atoms with Crippen molar-refractivity contribution < 1.29 is 18.3 Å². The summed E-state index contributed by atoms with van der Waals surface area (Å²) < 4.78 is 26.6. The number of hydrogen-bond acceptors (Lipinski definition) is 3. The van der Waals surface area contributed by atoms with Gasteiger partial charge in [-0.2, -0.15) is 0 Å². The minimum Gasteiger partial charge on any atom is -0.481 e. The minimum absolute atomic E-state index is 0.183. The second kappa shape index (κ2) is 6.86. The molecule has 1 unspecified atom stereocenters. The molecule has 156 valence electrons. The van der Waals surface area contributed by atoms with Crippen LogP contribution in [0.5, 0.6) is 0 Å². The van der Waals surface area contributed by atoms with E-state index in [2.05, 4.69) is 4.57 Å². The molecule has 1 N–H and O–H groups in total. The van der Waals surface area contributed by atoms with Crippen LogP contribution >= 0.6 is 11.6 Å². The third-order valence-corrected chi connectivity index (χ3v) is 8.62. The molecule has 0 fully saturated rings. The molecule has 0 amide bonds. The SMILES string of the molecule is Cc1cc2c(cc1Cc1c3n(c4ccc(Cl)cc14)CC(C(=O)O)CC3)CCS2(=O)=O. The summed E-state index contributed by atoms with van der Waals surface area (Å²) in [6, 6.07) is 9.62. The van der Waals surface area contributed by atoms with Crippen molar-refractivity contribution >= 4 is 38.3 Å². The third kappa shape index (κ3) is 3.05. The maximum absolute atomic E-state index is 12.3. The number of aromatic nitrogens is 1. The van der Waals surface area contributed by atoms with Gasteiger partial charge in [-0.25, -0.2) is 8.42 Å². The average molecular weight is 444 g/mol. The zero-order chi connectivity index (χ0) is 21.2. The van der Waals surface area contributed by atoms with Gasteiger partial charge >= 0.3 is 5.97 Å². The van der Waals surface area contributed by atoms with E-state index in [4.69, 9.17) is 11.6 Å². The first kappa shape index (κ1) is 19.6. The zero-order valence-electron chi connectivity index (χ0n) is 16.6. The molecule has 2 aliphatic heterocycles. The average Bonchev–Trinajstić information content (AvgIpc) is 3.16. The predicted octanol–water partition coefficient (Wildman–Crippen LogP) is 4.17. The van der Waals surface area contributed by atoms with Gasteiger partial charge in [-0.1, -0.05) is 17.7 Å². The van der Waals surface area contributed by atoms with Gasteiger partial charge in [0.2, 0.25) is 0 Å². The number of sulfone groups is 1. The highest BCUT2D eigenvalue weighted by Crippen LogP contribution is 2.37. The molecule has 2 aromatic carbocycles. The molecule has 0 saturated heterocycles. The Morgan fingerprint density at radius 2 is 2.03 bits per heavy atom. The molecule has 0 spiro atoms. The van der Waals surface area contributed by atoms with Crippen LogP contribution in [0.3, 0.4) is 0 Å². The van der Waals surface area contributed by atoms with Crippen molar-refractivity contribution in [1.82, 2.24) is 4.57 Å². The minimum atomic E-state index is -3.15. The summed E-state index contributed by atoms with van der Waals surface area (Å²) in [4.78, 5) is 12.0. The van der Waals surface area contributed by atoms with E-state index >= 15 is 0 Å². The van der Waals surface area contributed by atoms with Crippen LogP contribution in [0.25, 0.3) is 10.9 Å². The van der Waals surface area contributed by atoms with Crippen LogP contribution in [-0.2, 0) is 40.4 Å². The molecule has 0 aliphatic carbocycles. The van der Waals surface area contributed by atoms with E-state index in [1.807, 2.05) is 37.3 Å². The lowest BCUT2D eigenvalue weighted by atomic mass is 9.92. The van der Waals surface area contributed by atoms with E-state index in [1.54, 1.807) is 0 Å². The van der Waals surface area contributed by atoms with E-state index in [1.165, 1.54) is 5.56 Å². The topological polar surface area (TPSA) is 76.4 Å². The van der Waals surface area contributed by atoms with Crippen LogP contribution in [0.2, 0.25) is 5.02 Å². The molecular formula is C23H22ClNO4S. The van der Waals surface area contributed by atoms with Crippen molar-refractivity contribution in [3.63, 3.8) is 0 Å². The summed E-state index contributed by atoms with van der Waals surface area (Å²) in [7, 11) is -3.15. The molecule has 7 heteroatoms. The Morgan fingerprint density at radius 3 is 2.80 bits per heavy atom. The number of carboxylic acids is 1.